The number of carbonyl (C=O) groups is 1. The first-order valence-electron chi connectivity index (χ1n) is 9.58. The van der Waals surface area contributed by atoms with E-state index in [-0.39, 0.29) is 24.6 Å². The summed E-state index contributed by atoms with van der Waals surface area (Å²) in [6.07, 6.45) is 6.29. The van der Waals surface area contributed by atoms with Gasteiger partial charge < -0.3 is 20.3 Å². The van der Waals surface area contributed by atoms with Gasteiger partial charge in [-0.2, -0.15) is 4.31 Å². The molecule has 0 spiro atoms. The minimum atomic E-state index is -3.21. The summed E-state index contributed by atoms with van der Waals surface area (Å²) in [4.78, 5) is 17.7. The molecule has 2 saturated heterocycles. The summed E-state index contributed by atoms with van der Waals surface area (Å²) in [6.45, 7) is 2.44. The minimum Gasteiger partial charge on any atom is -0.376 e. The molecule has 2 fully saturated rings. The van der Waals surface area contributed by atoms with E-state index in [1.165, 1.54) is 15.5 Å². The molecule has 156 valence electrons. The lowest BCUT2D eigenvalue weighted by Gasteiger charge is -2.26. The van der Waals surface area contributed by atoms with E-state index in [0.29, 0.717) is 25.6 Å². The van der Waals surface area contributed by atoms with Gasteiger partial charge in [0.05, 0.1) is 12.4 Å². The van der Waals surface area contributed by atoms with Crippen LogP contribution in [0.1, 0.15) is 32.1 Å². The van der Waals surface area contributed by atoms with Crippen LogP contribution in [-0.4, -0.2) is 94.8 Å². The molecule has 2 N–H and O–H groups in total. The van der Waals surface area contributed by atoms with Crippen molar-refractivity contribution in [3.8, 4) is 0 Å². The Morgan fingerprint density at radius 3 is 2.56 bits per heavy atom. The van der Waals surface area contributed by atoms with Gasteiger partial charge in [0.15, 0.2) is 5.96 Å². The van der Waals surface area contributed by atoms with Crippen molar-refractivity contribution in [1.82, 2.24) is 19.8 Å². The summed E-state index contributed by atoms with van der Waals surface area (Å²) in [5.41, 5.74) is 0. The highest BCUT2D eigenvalue weighted by Crippen LogP contribution is 2.19. The third kappa shape index (κ3) is 7.27. The van der Waals surface area contributed by atoms with Crippen molar-refractivity contribution in [2.24, 2.45) is 4.99 Å². The van der Waals surface area contributed by atoms with E-state index in [2.05, 4.69) is 15.6 Å². The van der Waals surface area contributed by atoms with Gasteiger partial charge in [-0.1, -0.05) is 0 Å². The van der Waals surface area contributed by atoms with Crippen LogP contribution in [0.5, 0.6) is 0 Å². The normalized spacial score (nSPS) is 24.6. The molecule has 0 aromatic carbocycles. The van der Waals surface area contributed by atoms with Gasteiger partial charge in [0, 0.05) is 46.4 Å². The van der Waals surface area contributed by atoms with Crippen LogP contribution in [0.25, 0.3) is 0 Å². The molecule has 2 aliphatic rings. The molecular formula is C17H33N5O4S. The SMILES string of the molecule is CN(C)C(=O)CN=C(NCC1CCCCO1)NC[C@H]1CCCN1S(C)(=O)=O. The molecule has 0 radical (unpaired) electrons. The average molecular weight is 404 g/mol. The Bertz CT molecular complexity index is 617. The molecular weight excluding hydrogens is 370 g/mol. The molecule has 0 aromatic rings. The number of nitrogens with one attached hydrogen (secondary N) is 2. The number of hydrogen-bond acceptors (Lipinski definition) is 5. The van der Waals surface area contributed by atoms with Gasteiger partial charge in [0.25, 0.3) is 0 Å². The maximum absolute atomic E-state index is 11.9. The van der Waals surface area contributed by atoms with Crippen LogP contribution in [-0.2, 0) is 19.6 Å². The van der Waals surface area contributed by atoms with E-state index in [1.807, 2.05) is 0 Å². The molecule has 0 aliphatic carbocycles. The zero-order valence-electron chi connectivity index (χ0n) is 16.6. The van der Waals surface area contributed by atoms with E-state index in [9.17, 15) is 13.2 Å². The fraction of sp³-hybridized carbons (Fsp3) is 0.882. The van der Waals surface area contributed by atoms with E-state index >= 15 is 0 Å². The predicted molar refractivity (Wildman–Crippen MR) is 105 cm³/mol. The monoisotopic (exact) mass is 403 g/mol. The molecule has 10 heteroatoms. The second-order valence-corrected chi connectivity index (χ2v) is 9.31. The Kier molecular flexibility index (Phi) is 8.30. The van der Waals surface area contributed by atoms with Gasteiger partial charge in [0.1, 0.15) is 6.54 Å². The molecule has 1 unspecified atom stereocenters. The summed E-state index contributed by atoms with van der Waals surface area (Å²) >= 11 is 0. The number of amides is 1. The number of carbonyl (C=O) groups excluding carboxylic acids is 1. The topological polar surface area (TPSA) is 103 Å². The van der Waals surface area contributed by atoms with Crippen LogP contribution in [0, 0.1) is 0 Å². The van der Waals surface area contributed by atoms with Crippen LogP contribution in [0.4, 0.5) is 0 Å². The maximum Gasteiger partial charge on any atom is 0.243 e. The summed E-state index contributed by atoms with van der Waals surface area (Å²) < 4.78 is 31.1. The molecule has 2 rings (SSSR count). The smallest absolute Gasteiger partial charge is 0.243 e. The van der Waals surface area contributed by atoms with Crippen LogP contribution in [0.3, 0.4) is 0 Å². The third-order valence-electron chi connectivity index (χ3n) is 4.90. The molecule has 0 aromatic heterocycles. The van der Waals surface area contributed by atoms with E-state index in [0.717, 1.165) is 38.7 Å². The molecule has 0 saturated carbocycles. The second kappa shape index (κ2) is 10.2. The second-order valence-electron chi connectivity index (χ2n) is 7.37. The summed E-state index contributed by atoms with van der Waals surface area (Å²) in [5.74, 6) is 0.420. The van der Waals surface area contributed by atoms with Gasteiger partial charge in [-0.05, 0) is 32.1 Å². The van der Waals surface area contributed by atoms with Crippen LogP contribution >= 0.6 is 0 Å². The number of guanidine groups is 1. The van der Waals surface area contributed by atoms with Gasteiger partial charge in [-0.15, -0.1) is 0 Å². The van der Waals surface area contributed by atoms with Crippen molar-refractivity contribution in [3.05, 3.63) is 0 Å². The number of sulfonamides is 1. The quantitative estimate of drug-likeness (QED) is 0.443. The van der Waals surface area contributed by atoms with Crippen LogP contribution < -0.4 is 10.6 Å². The Morgan fingerprint density at radius 1 is 1.19 bits per heavy atom. The molecule has 0 bridgehead atoms. The Balaban J connectivity index is 1.93. The van der Waals surface area contributed by atoms with E-state index < -0.39 is 10.0 Å². The molecule has 2 aliphatic heterocycles. The van der Waals surface area contributed by atoms with Gasteiger partial charge in [-0.3, -0.25) is 4.79 Å². The largest absolute Gasteiger partial charge is 0.376 e. The van der Waals surface area contributed by atoms with Crippen molar-refractivity contribution >= 4 is 21.9 Å². The highest BCUT2D eigenvalue weighted by Gasteiger charge is 2.31. The van der Waals surface area contributed by atoms with Gasteiger partial charge in [0.2, 0.25) is 15.9 Å². The first-order chi connectivity index (χ1) is 12.8. The highest BCUT2D eigenvalue weighted by molar-refractivity contribution is 7.88. The number of hydrogen-bond donors (Lipinski definition) is 2. The Morgan fingerprint density at radius 2 is 1.93 bits per heavy atom. The van der Waals surface area contributed by atoms with E-state index in [1.54, 1.807) is 14.1 Å². The maximum atomic E-state index is 11.9. The summed E-state index contributed by atoms with van der Waals surface area (Å²) in [7, 11) is 0.169. The molecule has 1 amide bonds. The average Bonchev–Trinajstić information content (AvgIpc) is 3.10. The first-order valence-corrected chi connectivity index (χ1v) is 11.4. The van der Waals surface area contributed by atoms with Crippen LogP contribution in [0.15, 0.2) is 4.99 Å². The lowest BCUT2D eigenvalue weighted by Crippen LogP contribution is -2.48. The highest BCUT2D eigenvalue weighted by atomic mass is 32.2. The summed E-state index contributed by atoms with van der Waals surface area (Å²) in [5, 5.41) is 6.44. The number of likely N-dealkylation sites (N-methyl/N-ethyl adjacent to an activating group) is 1. The van der Waals surface area contributed by atoms with Crippen molar-refractivity contribution in [2.45, 2.75) is 44.2 Å². The number of nitrogens with zero attached hydrogens (tertiary/aromatic N) is 3. The fourth-order valence-electron chi connectivity index (χ4n) is 3.31. The number of rotatable bonds is 7. The first kappa shape index (κ1) is 21.9. The Hall–Kier alpha value is -1.39. The number of ether oxygens (including phenoxy) is 1. The third-order valence-corrected chi connectivity index (χ3v) is 6.23. The lowest BCUT2D eigenvalue weighted by molar-refractivity contribution is -0.127. The fourth-order valence-corrected chi connectivity index (χ4v) is 4.49. The molecule has 27 heavy (non-hydrogen) atoms. The lowest BCUT2D eigenvalue weighted by atomic mass is 10.1. The molecule has 2 atom stereocenters. The molecule has 2 heterocycles. The number of aliphatic imine (C=N–C) groups is 1. The van der Waals surface area contributed by atoms with Crippen molar-refractivity contribution < 1.29 is 17.9 Å². The standard InChI is InChI=1S/C17H33N5O4S/c1-21(2)16(23)13-20-17(19-12-15-8-4-5-10-26-15)18-11-14-7-6-9-22(14)27(3,24)25/h14-15H,4-13H2,1-3H3,(H2,18,19,20)/t14-,15?/m1/s1. The summed E-state index contributed by atoms with van der Waals surface area (Å²) in [6, 6.07) is -0.0949. The minimum absolute atomic E-state index is 0.0360. The van der Waals surface area contributed by atoms with Gasteiger partial charge >= 0.3 is 0 Å². The zero-order valence-corrected chi connectivity index (χ0v) is 17.4. The van der Waals surface area contributed by atoms with Crippen molar-refractivity contribution in [3.63, 3.8) is 0 Å². The molecule has 9 nitrogen and oxygen atoms in total. The zero-order chi connectivity index (χ0) is 19.9. The van der Waals surface area contributed by atoms with Crippen molar-refractivity contribution in [2.75, 3.05) is 53.1 Å². The Labute approximate surface area is 162 Å². The predicted octanol–water partition coefficient (Wildman–Crippen LogP) is -0.397. The van der Waals surface area contributed by atoms with Gasteiger partial charge in [-0.25, -0.2) is 13.4 Å². The van der Waals surface area contributed by atoms with Crippen LogP contribution in [0.2, 0.25) is 0 Å². The van der Waals surface area contributed by atoms with E-state index in [4.69, 9.17) is 4.74 Å². The van der Waals surface area contributed by atoms with Crippen molar-refractivity contribution in [1.29, 1.82) is 0 Å².